The average molecular weight is 555 g/mol. The van der Waals surface area contributed by atoms with Crippen molar-refractivity contribution in [3.05, 3.63) is 113 Å². The number of hydrogen-bond acceptors (Lipinski definition) is 5. The molecule has 3 N–H and O–H groups in total. The van der Waals surface area contributed by atoms with Crippen molar-refractivity contribution in [2.45, 2.75) is 38.6 Å². The number of nitrogens with two attached hydrogens (primary N) is 1. The van der Waals surface area contributed by atoms with Crippen LogP contribution in [-0.2, 0) is 9.53 Å². The molecule has 0 fully saturated rings. The third-order valence-corrected chi connectivity index (χ3v) is 7.72. The minimum Gasteiger partial charge on any atom is -0.404 e. The maximum Gasteiger partial charge on any atom is 0.254 e. The number of benzene rings is 2. The summed E-state index contributed by atoms with van der Waals surface area (Å²) < 4.78 is 5.37. The lowest BCUT2D eigenvalue weighted by Gasteiger charge is -2.43. The quantitative estimate of drug-likeness (QED) is 0.366. The molecule has 0 bridgehead atoms. The first-order valence-electron chi connectivity index (χ1n) is 14.4. The molecule has 0 radical (unpaired) electrons. The lowest BCUT2D eigenvalue weighted by atomic mass is 9.77. The summed E-state index contributed by atoms with van der Waals surface area (Å²) in [6.45, 7) is 7.14. The number of amides is 2. The molecule has 1 aliphatic heterocycles. The standard InChI is InChI=1S/C34H42N4O3/c1-4-37(27-16-11-13-25(2)23-27)20-12-19-36-33(39)31-28-17-9-10-18-29(28)34(40)38(21-22-41-3)32(31)30(24-35)26-14-7-5-6-8-15-26/h5,7-11,13-18,23-24,31-32H,4,6,12,19-22,35H2,1-3H3,(H,36,39)/b30-24+. The Balaban J connectivity index is 1.61. The number of anilines is 1. The van der Waals surface area contributed by atoms with Crippen LogP contribution in [0.2, 0.25) is 0 Å². The second-order valence-electron chi connectivity index (χ2n) is 10.4. The van der Waals surface area contributed by atoms with Crippen LogP contribution in [0.5, 0.6) is 0 Å². The van der Waals surface area contributed by atoms with Gasteiger partial charge in [-0.1, -0.05) is 60.7 Å². The second-order valence-corrected chi connectivity index (χ2v) is 10.4. The van der Waals surface area contributed by atoms with Gasteiger partial charge in [0.2, 0.25) is 5.91 Å². The molecule has 2 unspecified atom stereocenters. The van der Waals surface area contributed by atoms with Crippen molar-refractivity contribution in [1.82, 2.24) is 10.2 Å². The van der Waals surface area contributed by atoms with Crippen LogP contribution in [0.3, 0.4) is 0 Å². The van der Waals surface area contributed by atoms with E-state index in [0.29, 0.717) is 25.3 Å². The zero-order valence-electron chi connectivity index (χ0n) is 24.4. The molecule has 7 nitrogen and oxygen atoms in total. The first-order valence-corrected chi connectivity index (χ1v) is 14.4. The molecule has 2 aromatic rings. The number of rotatable bonds is 12. The molecule has 0 saturated heterocycles. The predicted octanol–water partition coefficient (Wildman–Crippen LogP) is 4.87. The highest BCUT2D eigenvalue weighted by molar-refractivity contribution is 6.02. The molecule has 7 heteroatoms. The van der Waals surface area contributed by atoms with Crippen molar-refractivity contribution in [2.75, 3.05) is 44.8 Å². The molecule has 2 aliphatic rings. The van der Waals surface area contributed by atoms with E-state index in [2.05, 4.69) is 60.5 Å². The van der Waals surface area contributed by atoms with Gasteiger partial charge in [0.05, 0.1) is 18.6 Å². The molecular formula is C34H42N4O3. The zero-order valence-corrected chi connectivity index (χ0v) is 24.4. The van der Waals surface area contributed by atoms with Gasteiger partial charge in [-0.25, -0.2) is 0 Å². The number of aryl methyl sites for hydroxylation is 1. The fourth-order valence-electron chi connectivity index (χ4n) is 5.68. The van der Waals surface area contributed by atoms with Gasteiger partial charge in [0, 0.05) is 44.5 Å². The second kappa shape index (κ2) is 14.5. The van der Waals surface area contributed by atoms with Gasteiger partial charge in [-0.2, -0.15) is 0 Å². The predicted molar refractivity (Wildman–Crippen MR) is 166 cm³/mol. The Labute approximate surface area is 244 Å². The third-order valence-electron chi connectivity index (χ3n) is 7.72. The highest BCUT2D eigenvalue weighted by Gasteiger charge is 2.45. The van der Waals surface area contributed by atoms with Gasteiger partial charge in [-0.05, 0) is 73.4 Å². The first-order chi connectivity index (χ1) is 20.0. The van der Waals surface area contributed by atoms with Crippen LogP contribution in [-0.4, -0.2) is 62.7 Å². The van der Waals surface area contributed by atoms with Crippen LogP contribution >= 0.6 is 0 Å². The molecule has 1 aliphatic carbocycles. The first kappa shape index (κ1) is 29.9. The highest BCUT2D eigenvalue weighted by atomic mass is 16.5. The number of methoxy groups -OCH3 is 1. The Hall–Kier alpha value is -4.10. The average Bonchev–Trinajstić information content (AvgIpc) is 3.27. The van der Waals surface area contributed by atoms with Crippen molar-refractivity contribution in [3.63, 3.8) is 0 Å². The van der Waals surface area contributed by atoms with Gasteiger partial charge in [0.25, 0.3) is 5.91 Å². The third kappa shape index (κ3) is 6.98. The van der Waals surface area contributed by atoms with E-state index in [1.54, 1.807) is 24.3 Å². The number of fused-ring (bicyclic) bond motifs is 1. The maximum absolute atomic E-state index is 14.1. The fourth-order valence-corrected chi connectivity index (χ4v) is 5.68. The Morgan fingerprint density at radius 3 is 2.78 bits per heavy atom. The van der Waals surface area contributed by atoms with E-state index in [9.17, 15) is 9.59 Å². The summed E-state index contributed by atoms with van der Waals surface area (Å²) >= 11 is 0. The summed E-state index contributed by atoms with van der Waals surface area (Å²) in [5, 5.41) is 3.20. The molecule has 0 spiro atoms. The van der Waals surface area contributed by atoms with Crippen LogP contribution in [0.1, 0.15) is 47.2 Å². The lowest BCUT2D eigenvalue weighted by Crippen LogP contribution is -2.54. The van der Waals surface area contributed by atoms with E-state index >= 15 is 0 Å². The number of carbonyl (C=O) groups is 2. The van der Waals surface area contributed by atoms with Gasteiger partial charge < -0.3 is 25.6 Å². The van der Waals surface area contributed by atoms with Crippen molar-refractivity contribution in [2.24, 2.45) is 5.73 Å². The largest absolute Gasteiger partial charge is 0.404 e. The topological polar surface area (TPSA) is 87.9 Å². The van der Waals surface area contributed by atoms with Crippen molar-refractivity contribution < 1.29 is 14.3 Å². The highest BCUT2D eigenvalue weighted by Crippen LogP contribution is 2.39. The van der Waals surface area contributed by atoms with Crippen LogP contribution in [0.4, 0.5) is 5.69 Å². The molecule has 2 amide bonds. The van der Waals surface area contributed by atoms with Gasteiger partial charge >= 0.3 is 0 Å². The minimum atomic E-state index is -0.629. The summed E-state index contributed by atoms with van der Waals surface area (Å²) in [5.41, 5.74) is 11.6. The summed E-state index contributed by atoms with van der Waals surface area (Å²) in [4.78, 5) is 32.0. The molecule has 2 aromatic carbocycles. The van der Waals surface area contributed by atoms with E-state index in [1.807, 2.05) is 36.4 Å². The Morgan fingerprint density at radius 1 is 1.20 bits per heavy atom. The van der Waals surface area contributed by atoms with Gasteiger partial charge in [0.15, 0.2) is 0 Å². The Morgan fingerprint density at radius 2 is 2.02 bits per heavy atom. The number of ether oxygens (including phenoxy) is 1. The number of carbonyl (C=O) groups excluding carboxylic acids is 2. The molecule has 4 rings (SSSR count). The molecule has 41 heavy (non-hydrogen) atoms. The normalized spacial score (nSPS) is 18.5. The Bertz CT molecular complexity index is 1340. The maximum atomic E-state index is 14.1. The van der Waals surface area contributed by atoms with Crippen LogP contribution in [0.25, 0.3) is 0 Å². The summed E-state index contributed by atoms with van der Waals surface area (Å²) in [6.07, 6.45) is 13.2. The summed E-state index contributed by atoms with van der Waals surface area (Å²) in [5.74, 6) is -0.878. The molecular weight excluding hydrogens is 512 g/mol. The van der Waals surface area contributed by atoms with E-state index in [1.165, 1.54) is 11.3 Å². The van der Waals surface area contributed by atoms with Gasteiger partial charge in [0.1, 0.15) is 0 Å². The van der Waals surface area contributed by atoms with Crippen molar-refractivity contribution in [1.29, 1.82) is 0 Å². The number of allylic oxidation sites excluding steroid dienone is 5. The van der Waals surface area contributed by atoms with Crippen molar-refractivity contribution >= 4 is 17.5 Å². The molecule has 0 aromatic heterocycles. The monoisotopic (exact) mass is 554 g/mol. The van der Waals surface area contributed by atoms with Crippen LogP contribution in [0, 0.1) is 6.92 Å². The van der Waals surface area contributed by atoms with Crippen molar-refractivity contribution in [3.8, 4) is 0 Å². The number of hydrogen-bond donors (Lipinski definition) is 2. The minimum absolute atomic E-state index is 0.121. The fraction of sp³-hybridized carbons (Fsp3) is 0.353. The molecule has 2 atom stereocenters. The Kier molecular flexibility index (Phi) is 10.6. The smallest absolute Gasteiger partial charge is 0.254 e. The van der Waals surface area contributed by atoms with Gasteiger partial charge in [-0.15, -0.1) is 0 Å². The summed E-state index contributed by atoms with van der Waals surface area (Å²) in [7, 11) is 1.61. The van der Waals surface area contributed by atoms with E-state index in [4.69, 9.17) is 10.5 Å². The van der Waals surface area contributed by atoms with E-state index in [0.717, 1.165) is 42.6 Å². The summed E-state index contributed by atoms with van der Waals surface area (Å²) in [6, 6.07) is 15.3. The molecule has 1 heterocycles. The SMILES string of the molecule is CCN(CCCNC(=O)C1c2ccccc2C(=O)N(CCOC)C1/C(=C/N)C1=CC=CCC=C1)c1cccc(C)c1. The molecule has 0 saturated carbocycles. The van der Waals surface area contributed by atoms with Crippen LogP contribution in [0.15, 0.2) is 96.3 Å². The number of nitrogens with one attached hydrogen (secondary N) is 1. The number of nitrogens with zero attached hydrogens (tertiary/aromatic N) is 2. The zero-order chi connectivity index (χ0) is 29.2. The van der Waals surface area contributed by atoms with Crippen LogP contribution < -0.4 is 16.0 Å². The van der Waals surface area contributed by atoms with E-state index in [-0.39, 0.29) is 11.8 Å². The molecule has 216 valence electrons. The van der Waals surface area contributed by atoms with Gasteiger partial charge in [-0.3, -0.25) is 9.59 Å². The lowest BCUT2D eigenvalue weighted by molar-refractivity contribution is -0.123. The van der Waals surface area contributed by atoms with E-state index < -0.39 is 12.0 Å².